The zero-order valence-corrected chi connectivity index (χ0v) is 18.6. The molecule has 0 unspecified atom stereocenters. The third-order valence-electron chi connectivity index (χ3n) is 5.59. The Kier molecular flexibility index (Phi) is 6.21. The zero-order chi connectivity index (χ0) is 22.7. The fraction of sp³-hybridized carbons (Fsp3) is 0.200. The normalized spacial score (nSPS) is 14.3. The van der Waals surface area contributed by atoms with E-state index in [9.17, 15) is 18.0 Å². The summed E-state index contributed by atoms with van der Waals surface area (Å²) in [5, 5.41) is 2.78. The van der Waals surface area contributed by atoms with Gasteiger partial charge in [0.25, 0.3) is 5.91 Å². The van der Waals surface area contributed by atoms with Crippen molar-refractivity contribution in [2.75, 3.05) is 18.4 Å². The third kappa shape index (κ3) is 4.35. The van der Waals surface area contributed by atoms with E-state index in [0.29, 0.717) is 35.5 Å². The molecule has 1 N–H and O–H groups in total. The predicted octanol–water partition coefficient (Wildman–Crippen LogP) is 4.26. The van der Waals surface area contributed by atoms with Crippen molar-refractivity contribution in [1.82, 2.24) is 4.31 Å². The summed E-state index contributed by atoms with van der Waals surface area (Å²) in [6.07, 6.45) is 1.68. The number of anilines is 1. The minimum atomic E-state index is -3.66. The molecule has 0 spiro atoms. The van der Waals surface area contributed by atoms with Crippen LogP contribution in [0.25, 0.3) is 0 Å². The summed E-state index contributed by atoms with van der Waals surface area (Å²) in [5.41, 5.74) is 2.06. The number of aryl methyl sites for hydroxylation is 1. The molecule has 4 rings (SSSR count). The molecule has 3 aromatic carbocycles. The van der Waals surface area contributed by atoms with Crippen molar-refractivity contribution < 1.29 is 18.0 Å². The Morgan fingerprint density at radius 2 is 1.50 bits per heavy atom. The minimum Gasteiger partial charge on any atom is -0.321 e. The van der Waals surface area contributed by atoms with E-state index < -0.39 is 15.9 Å². The van der Waals surface area contributed by atoms with Gasteiger partial charge in [-0.3, -0.25) is 9.59 Å². The molecule has 0 aliphatic carbocycles. The van der Waals surface area contributed by atoms with Gasteiger partial charge in [-0.2, -0.15) is 4.31 Å². The lowest BCUT2D eigenvalue weighted by atomic mass is 10.0. The van der Waals surface area contributed by atoms with E-state index in [1.807, 2.05) is 6.07 Å². The molecule has 7 heteroatoms. The standard InChI is InChI=1S/C25H24N2O4S/c1-18-13-14-20(17-23(18)32(30,31)27-15-7-8-16-27)25(29)26-22-12-6-5-11-21(22)24(28)19-9-3-2-4-10-19/h2-6,9-14,17H,7-8,15-16H2,1H3,(H,26,29). The first-order chi connectivity index (χ1) is 15.4. The maximum atomic E-state index is 13.0. The number of nitrogens with one attached hydrogen (secondary N) is 1. The number of carbonyl (C=O) groups excluding carboxylic acids is 2. The van der Waals surface area contributed by atoms with Gasteiger partial charge in [-0.05, 0) is 49.6 Å². The van der Waals surface area contributed by atoms with E-state index in [2.05, 4.69) is 5.32 Å². The maximum absolute atomic E-state index is 13.0. The van der Waals surface area contributed by atoms with Crippen LogP contribution in [-0.2, 0) is 10.0 Å². The molecule has 1 aliphatic heterocycles. The summed E-state index contributed by atoms with van der Waals surface area (Å²) < 4.78 is 27.5. The Labute approximate surface area is 187 Å². The average molecular weight is 449 g/mol. The first-order valence-corrected chi connectivity index (χ1v) is 11.9. The number of carbonyl (C=O) groups is 2. The highest BCUT2D eigenvalue weighted by atomic mass is 32.2. The summed E-state index contributed by atoms with van der Waals surface area (Å²) in [5.74, 6) is -0.682. The molecule has 3 aromatic rings. The number of para-hydroxylation sites is 1. The highest BCUT2D eigenvalue weighted by Gasteiger charge is 2.29. The summed E-state index contributed by atoms with van der Waals surface area (Å²) in [6, 6.07) is 20.3. The highest BCUT2D eigenvalue weighted by molar-refractivity contribution is 7.89. The SMILES string of the molecule is Cc1ccc(C(=O)Nc2ccccc2C(=O)c2ccccc2)cc1S(=O)(=O)N1CCCC1. The lowest BCUT2D eigenvalue weighted by Crippen LogP contribution is -2.28. The summed E-state index contributed by atoms with van der Waals surface area (Å²) >= 11 is 0. The van der Waals surface area contributed by atoms with Gasteiger partial charge in [0.2, 0.25) is 10.0 Å². The van der Waals surface area contributed by atoms with Crippen molar-refractivity contribution in [3.8, 4) is 0 Å². The number of nitrogens with zero attached hydrogens (tertiary/aromatic N) is 1. The van der Waals surface area contributed by atoms with Gasteiger partial charge in [-0.15, -0.1) is 0 Å². The van der Waals surface area contributed by atoms with Crippen LogP contribution in [0.3, 0.4) is 0 Å². The molecule has 164 valence electrons. The summed E-state index contributed by atoms with van der Waals surface area (Å²) in [6.45, 7) is 2.71. The van der Waals surface area contributed by atoms with E-state index in [-0.39, 0.29) is 16.2 Å². The van der Waals surface area contributed by atoms with E-state index in [0.717, 1.165) is 12.8 Å². The van der Waals surface area contributed by atoms with E-state index in [1.54, 1.807) is 67.6 Å². The van der Waals surface area contributed by atoms with Gasteiger partial charge in [0, 0.05) is 29.8 Å². The van der Waals surface area contributed by atoms with Crippen LogP contribution in [0.4, 0.5) is 5.69 Å². The third-order valence-corrected chi connectivity index (χ3v) is 7.63. The minimum absolute atomic E-state index is 0.140. The number of hydrogen-bond acceptors (Lipinski definition) is 4. The fourth-order valence-electron chi connectivity index (χ4n) is 3.82. The van der Waals surface area contributed by atoms with Crippen LogP contribution >= 0.6 is 0 Å². The maximum Gasteiger partial charge on any atom is 0.255 e. The molecule has 0 bridgehead atoms. The first-order valence-electron chi connectivity index (χ1n) is 10.5. The second kappa shape index (κ2) is 9.06. The molecular formula is C25H24N2O4S. The van der Waals surface area contributed by atoms with Gasteiger partial charge < -0.3 is 5.32 Å². The number of rotatable bonds is 6. The molecular weight excluding hydrogens is 424 g/mol. The Balaban J connectivity index is 1.63. The van der Waals surface area contributed by atoms with Gasteiger partial charge in [0.1, 0.15) is 0 Å². The number of benzene rings is 3. The van der Waals surface area contributed by atoms with Gasteiger partial charge in [0.05, 0.1) is 10.6 Å². The summed E-state index contributed by atoms with van der Waals surface area (Å²) in [7, 11) is -3.66. The topological polar surface area (TPSA) is 83.5 Å². The van der Waals surface area contributed by atoms with Crippen LogP contribution in [0.2, 0.25) is 0 Å². The highest BCUT2D eigenvalue weighted by Crippen LogP contribution is 2.26. The van der Waals surface area contributed by atoms with Crippen molar-refractivity contribution in [2.24, 2.45) is 0 Å². The Morgan fingerprint density at radius 3 is 2.22 bits per heavy atom. The number of ketones is 1. The largest absolute Gasteiger partial charge is 0.321 e. The molecule has 6 nitrogen and oxygen atoms in total. The van der Waals surface area contributed by atoms with Gasteiger partial charge in [-0.25, -0.2) is 8.42 Å². The van der Waals surface area contributed by atoms with Crippen LogP contribution < -0.4 is 5.32 Å². The second-order valence-electron chi connectivity index (χ2n) is 7.79. The van der Waals surface area contributed by atoms with Crippen LogP contribution in [0.1, 0.15) is 44.7 Å². The molecule has 0 radical (unpaired) electrons. The molecule has 1 aliphatic rings. The van der Waals surface area contributed by atoms with Gasteiger partial charge in [0.15, 0.2) is 5.78 Å². The van der Waals surface area contributed by atoms with Crippen LogP contribution in [0, 0.1) is 6.92 Å². The number of hydrogen-bond donors (Lipinski definition) is 1. The molecule has 1 heterocycles. The van der Waals surface area contributed by atoms with E-state index in [1.165, 1.54) is 10.4 Å². The molecule has 32 heavy (non-hydrogen) atoms. The zero-order valence-electron chi connectivity index (χ0n) is 17.7. The van der Waals surface area contributed by atoms with Crippen LogP contribution in [-0.4, -0.2) is 37.5 Å². The number of sulfonamides is 1. The Morgan fingerprint density at radius 1 is 0.844 bits per heavy atom. The molecule has 0 atom stereocenters. The smallest absolute Gasteiger partial charge is 0.255 e. The van der Waals surface area contributed by atoms with Gasteiger partial charge in [-0.1, -0.05) is 48.5 Å². The van der Waals surface area contributed by atoms with Gasteiger partial charge >= 0.3 is 0 Å². The van der Waals surface area contributed by atoms with Crippen LogP contribution in [0.15, 0.2) is 77.7 Å². The predicted molar refractivity (Wildman–Crippen MR) is 123 cm³/mol. The van der Waals surface area contributed by atoms with Crippen molar-refractivity contribution in [1.29, 1.82) is 0 Å². The summed E-state index contributed by atoms with van der Waals surface area (Å²) in [4.78, 5) is 26.1. The molecule has 1 saturated heterocycles. The fourth-order valence-corrected chi connectivity index (χ4v) is 5.58. The molecule has 0 saturated carbocycles. The lowest BCUT2D eigenvalue weighted by molar-refractivity contribution is 0.102. The molecule has 0 aromatic heterocycles. The van der Waals surface area contributed by atoms with Crippen molar-refractivity contribution in [2.45, 2.75) is 24.7 Å². The lowest BCUT2D eigenvalue weighted by Gasteiger charge is -2.18. The average Bonchev–Trinajstić information content (AvgIpc) is 3.36. The Bertz CT molecular complexity index is 1260. The van der Waals surface area contributed by atoms with Crippen LogP contribution in [0.5, 0.6) is 0 Å². The monoisotopic (exact) mass is 448 g/mol. The number of amides is 1. The molecule has 1 amide bonds. The van der Waals surface area contributed by atoms with Crippen molar-refractivity contribution >= 4 is 27.4 Å². The van der Waals surface area contributed by atoms with E-state index >= 15 is 0 Å². The molecule has 1 fully saturated rings. The van der Waals surface area contributed by atoms with Crippen molar-refractivity contribution in [3.05, 3.63) is 95.1 Å². The first kappa shape index (κ1) is 21.9. The second-order valence-corrected chi connectivity index (χ2v) is 9.69. The quantitative estimate of drug-likeness (QED) is 0.571. The van der Waals surface area contributed by atoms with Crippen molar-refractivity contribution in [3.63, 3.8) is 0 Å². The Hall–Kier alpha value is -3.29. The van der Waals surface area contributed by atoms with E-state index in [4.69, 9.17) is 0 Å².